The third-order valence-electron chi connectivity index (χ3n) is 4.44. The number of hydrogen-bond donors (Lipinski definition) is 1. The van der Waals surface area contributed by atoms with E-state index in [-0.39, 0.29) is 0 Å². The van der Waals surface area contributed by atoms with Crippen molar-refractivity contribution in [3.63, 3.8) is 0 Å². The van der Waals surface area contributed by atoms with Gasteiger partial charge in [-0.3, -0.25) is 0 Å². The van der Waals surface area contributed by atoms with E-state index in [4.69, 9.17) is 0 Å². The second kappa shape index (κ2) is 5.88. The lowest BCUT2D eigenvalue weighted by Gasteiger charge is -2.43. The van der Waals surface area contributed by atoms with Gasteiger partial charge in [0.25, 0.3) is 0 Å². The van der Waals surface area contributed by atoms with Crippen LogP contribution in [0.1, 0.15) is 44.2 Å². The normalized spacial score (nSPS) is 26.4. The molecule has 19 heavy (non-hydrogen) atoms. The van der Waals surface area contributed by atoms with Crippen LogP contribution in [-0.2, 0) is 0 Å². The van der Waals surface area contributed by atoms with Crippen molar-refractivity contribution in [2.45, 2.75) is 63.1 Å². The molecular formula is C17H27NS. The van der Waals surface area contributed by atoms with E-state index >= 15 is 0 Å². The molecular weight excluding hydrogens is 250 g/mol. The zero-order valence-corrected chi connectivity index (χ0v) is 13.7. The summed E-state index contributed by atoms with van der Waals surface area (Å²) < 4.78 is 0. The molecule has 0 spiro atoms. The molecule has 2 atom stereocenters. The molecule has 0 amide bonds. The molecule has 1 aromatic rings. The first-order valence-corrected chi connectivity index (χ1v) is 8.23. The van der Waals surface area contributed by atoms with Crippen molar-refractivity contribution in [1.82, 2.24) is 5.32 Å². The minimum absolute atomic E-state index is 0.406. The Balaban J connectivity index is 2.17. The number of benzene rings is 1. The predicted octanol–water partition coefficient (Wildman–Crippen LogP) is 4.56. The molecule has 1 aliphatic carbocycles. The van der Waals surface area contributed by atoms with Crippen molar-refractivity contribution < 1.29 is 0 Å². The van der Waals surface area contributed by atoms with Crippen LogP contribution in [0.25, 0.3) is 0 Å². The molecule has 2 heteroatoms. The average molecular weight is 277 g/mol. The zero-order chi connectivity index (χ0) is 14.0. The van der Waals surface area contributed by atoms with Crippen molar-refractivity contribution in [1.29, 1.82) is 0 Å². The summed E-state index contributed by atoms with van der Waals surface area (Å²) in [5.74, 6) is 0. The number of hydrogen-bond acceptors (Lipinski definition) is 2. The molecule has 1 fully saturated rings. The van der Waals surface area contributed by atoms with E-state index in [0.29, 0.717) is 16.7 Å². The Morgan fingerprint density at radius 2 is 2.00 bits per heavy atom. The summed E-state index contributed by atoms with van der Waals surface area (Å²) in [5.41, 5.74) is 3.18. The van der Waals surface area contributed by atoms with Crippen LogP contribution in [0.3, 0.4) is 0 Å². The first-order valence-electron chi connectivity index (χ1n) is 7.35. The monoisotopic (exact) mass is 277 g/mol. The van der Waals surface area contributed by atoms with Crippen molar-refractivity contribution >= 4 is 11.8 Å². The number of nitrogens with one attached hydrogen (secondary N) is 1. The lowest BCUT2D eigenvalue weighted by Crippen LogP contribution is -2.49. The zero-order valence-electron chi connectivity index (χ0n) is 12.9. The summed E-state index contributed by atoms with van der Waals surface area (Å²) in [5, 5.41) is 4.26. The Hall–Kier alpha value is -0.470. The van der Waals surface area contributed by atoms with Crippen LogP contribution in [-0.4, -0.2) is 18.3 Å². The molecule has 0 bridgehead atoms. The van der Waals surface area contributed by atoms with Gasteiger partial charge in [-0.15, -0.1) is 11.8 Å². The highest BCUT2D eigenvalue weighted by Gasteiger charge is 2.38. The minimum Gasteiger partial charge on any atom is -0.315 e. The molecule has 2 rings (SSSR count). The summed E-state index contributed by atoms with van der Waals surface area (Å²) in [7, 11) is 2.12. The van der Waals surface area contributed by atoms with Crippen LogP contribution >= 0.6 is 11.8 Å². The van der Waals surface area contributed by atoms with E-state index in [1.54, 1.807) is 0 Å². The molecule has 1 aliphatic rings. The van der Waals surface area contributed by atoms with Gasteiger partial charge in [-0.2, -0.15) is 0 Å². The van der Waals surface area contributed by atoms with E-state index in [9.17, 15) is 0 Å². The lowest BCUT2D eigenvalue weighted by molar-refractivity contribution is 0.182. The van der Waals surface area contributed by atoms with Gasteiger partial charge in [0, 0.05) is 16.2 Å². The van der Waals surface area contributed by atoms with E-state index < -0.39 is 0 Å². The van der Waals surface area contributed by atoms with Crippen molar-refractivity contribution in [2.75, 3.05) is 7.05 Å². The second-order valence-electron chi connectivity index (χ2n) is 6.57. The maximum atomic E-state index is 3.57. The van der Waals surface area contributed by atoms with Crippen LogP contribution < -0.4 is 5.32 Å². The standard InChI is InChI=1S/C17H27NS/c1-12-8-9-14(13(2)11-12)19-15-7-6-10-17(3,4)16(15)18-5/h8-9,11,15-16,18H,6-7,10H2,1-5H3. The highest BCUT2D eigenvalue weighted by Crippen LogP contribution is 2.43. The molecule has 0 aliphatic heterocycles. The predicted molar refractivity (Wildman–Crippen MR) is 86.0 cm³/mol. The van der Waals surface area contributed by atoms with Gasteiger partial charge < -0.3 is 5.32 Å². The fourth-order valence-electron chi connectivity index (χ4n) is 3.38. The lowest BCUT2D eigenvalue weighted by atomic mass is 9.73. The van der Waals surface area contributed by atoms with E-state index in [0.717, 1.165) is 0 Å². The summed E-state index contributed by atoms with van der Waals surface area (Å²) in [4.78, 5) is 1.45. The van der Waals surface area contributed by atoms with E-state index in [1.165, 1.54) is 35.3 Å². The molecule has 1 nitrogen and oxygen atoms in total. The molecule has 106 valence electrons. The first-order chi connectivity index (χ1) is 8.94. The van der Waals surface area contributed by atoms with Crippen LogP contribution in [0.2, 0.25) is 0 Å². The van der Waals surface area contributed by atoms with E-state index in [1.807, 2.05) is 0 Å². The molecule has 0 radical (unpaired) electrons. The topological polar surface area (TPSA) is 12.0 Å². The smallest absolute Gasteiger partial charge is 0.0253 e. The Kier molecular flexibility index (Phi) is 4.62. The Morgan fingerprint density at radius 1 is 1.26 bits per heavy atom. The Bertz CT molecular complexity index is 439. The summed E-state index contributed by atoms with van der Waals surface area (Å²) in [6.45, 7) is 9.21. The minimum atomic E-state index is 0.406. The van der Waals surface area contributed by atoms with Gasteiger partial charge in [0.2, 0.25) is 0 Å². The van der Waals surface area contributed by atoms with Gasteiger partial charge in [-0.1, -0.05) is 38.0 Å². The van der Waals surface area contributed by atoms with Crippen LogP contribution in [0.15, 0.2) is 23.1 Å². The third-order valence-corrected chi connectivity index (χ3v) is 5.97. The Labute approximate surface area is 122 Å². The van der Waals surface area contributed by atoms with Gasteiger partial charge in [-0.05, 0) is 50.8 Å². The van der Waals surface area contributed by atoms with Gasteiger partial charge in [0.05, 0.1) is 0 Å². The molecule has 0 aromatic heterocycles. The molecule has 1 saturated carbocycles. The first kappa shape index (κ1) is 14.9. The quantitative estimate of drug-likeness (QED) is 0.869. The summed E-state index contributed by atoms with van der Waals surface area (Å²) in [6.07, 6.45) is 4.02. The van der Waals surface area contributed by atoms with Gasteiger partial charge in [0.1, 0.15) is 0 Å². The van der Waals surface area contributed by atoms with Crippen LogP contribution in [0, 0.1) is 19.3 Å². The van der Waals surface area contributed by atoms with Crippen LogP contribution in [0.4, 0.5) is 0 Å². The molecule has 1 N–H and O–H groups in total. The van der Waals surface area contributed by atoms with Crippen molar-refractivity contribution in [2.24, 2.45) is 5.41 Å². The highest BCUT2D eigenvalue weighted by molar-refractivity contribution is 8.00. The maximum absolute atomic E-state index is 3.57. The van der Waals surface area contributed by atoms with E-state index in [2.05, 4.69) is 70.0 Å². The molecule has 1 aromatic carbocycles. The largest absolute Gasteiger partial charge is 0.315 e. The fourth-order valence-corrected chi connectivity index (χ4v) is 5.03. The van der Waals surface area contributed by atoms with Crippen LogP contribution in [0.5, 0.6) is 0 Å². The van der Waals surface area contributed by atoms with Crippen molar-refractivity contribution in [3.8, 4) is 0 Å². The maximum Gasteiger partial charge on any atom is 0.0253 e. The van der Waals surface area contributed by atoms with Crippen molar-refractivity contribution in [3.05, 3.63) is 29.3 Å². The SMILES string of the molecule is CNC1C(Sc2ccc(C)cc2C)CCCC1(C)C. The summed E-state index contributed by atoms with van der Waals surface area (Å²) >= 11 is 2.07. The number of rotatable bonds is 3. The Morgan fingerprint density at radius 3 is 2.63 bits per heavy atom. The number of aryl methyl sites for hydroxylation is 2. The number of thioether (sulfide) groups is 1. The van der Waals surface area contributed by atoms with Gasteiger partial charge >= 0.3 is 0 Å². The molecule has 2 unspecified atom stereocenters. The molecule has 0 heterocycles. The highest BCUT2D eigenvalue weighted by atomic mass is 32.2. The second-order valence-corrected chi connectivity index (χ2v) is 7.85. The van der Waals surface area contributed by atoms with Gasteiger partial charge in [-0.25, -0.2) is 0 Å². The third kappa shape index (κ3) is 3.35. The molecule has 0 saturated heterocycles. The van der Waals surface area contributed by atoms with Gasteiger partial charge in [0.15, 0.2) is 0 Å². The fraction of sp³-hybridized carbons (Fsp3) is 0.647. The summed E-state index contributed by atoms with van der Waals surface area (Å²) in [6, 6.07) is 7.43. The average Bonchev–Trinajstić information content (AvgIpc) is 2.32.